The molecule has 1 amide bonds. The first kappa shape index (κ1) is 21.9. The fraction of sp³-hybridized carbons (Fsp3) is 0.238. The van der Waals surface area contributed by atoms with Crippen molar-refractivity contribution in [3.8, 4) is 17.2 Å². The third kappa shape index (κ3) is 4.87. The number of methoxy groups -OCH3 is 2. The van der Waals surface area contributed by atoms with Gasteiger partial charge in [-0.05, 0) is 77.0 Å². The van der Waals surface area contributed by atoms with E-state index in [9.17, 15) is 4.79 Å². The number of carbonyl (C=O) groups excluding carboxylic acids is 1. The third-order valence-electron chi connectivity index (χ3n) is 4.12. The second-order valence-corrected chi connectivity index (χ2v) is 8.94. The first-order valence-electron chi connectivity index (χ1n) is 8.90. The van der Waals surface area contributed by atoms with Crippen LogP contribution in [0.5, 0.6) is 17.2 Å². The molecule has 2 aromatic rings. The number of carbonyl (C=O) groups is 1. The Kier molecular flexibility index (Phi) is 7.42. The quantitative estimate of drug-likeness (QED) is 0.262. The van der Waals surface area contributed by atoms with E-state index in [1.807, 2.05) is 30.3 Å². The highest BCUT2D eigenvalue weighted by Gasteiger charge is 2.33. The zero-order valence-corrected chi connectivity index (χ0v) is 20.0. The predicted molar refractivity (Wildman–Crippen MR) is 130 cm³/mol. The van der Waals surface area contributed by atoms with Gasteiger partial charge in [0.2, 0.25) is 0 Å². The number of thiocarbonyl (C=S) groups is 1. The molecule has 0 N–H and O–H groups in total. The van der Waals surface area contributed by atoms with E-state index in [0.29, 0.717) is 27.3 Å². The van der Waals surface area contributed by atoms with Gasteiger partial charge in [0.05, 0.1) is 35.0 Å². The zero-order chi connectivity index (χ0) is 21.0. The minimum Gasteiger partial charge on any atom is -0.497 e. The maximum atomic E-state index is 13.0. The summed E-state index contributed by atoms with van der Waals surface area (Å²) in [4.78, 5) is 15.1. The molecule has 8 heteroatoms. The summed E-state index contributed by atoms with van der Waals surface area (Å²) in [5.74, 6) is 1.94. The first-order valence-corrected chi connectivity index (χ1v) is 11.2. The van der Waals surface area contributed by atoms with Crippen molar-refractivity contribution in [2.45, 2.75) is 13.3 Å². The average Bonchev–Trinajstić information content (AvgIpc) is 3.00. The fourth-order valence-electron chi connectivity index (χ4n) is 2.74. The minimum atomic E-state index is -0.148. The van der Waals surface area contributed by atoms with E-state index in [-0.39, 0.29) is 5.91 Å². The maximum Gasteiger partial charge on any atom is 0.270 e. The second-order valence-electron chi connectivity index (χ2n) is 6.10. The summed E-state index contributed by atoms with van der Waals surface area (Å²) in [5.41, 5.74) is 1.57. The van der Waals surface area contributed by atoms with Crippen LogP contribution in [0.15, 0.2) is 41.3 Å². The topological polar surface area (TPSA) is 48.0 Å². The van der Waals surface area contributed by atoms with E-state index >= 15 is 0 Å². The molecule has 0 unspecified atom stereocenters. The van der Waals surface area contributed by atoms with Gasteiger partial charge in [-0.25, -0.2) is 0 Å². The van der Waals surface area contributed by atoms with E-state index in [1.165, 1.54) is 16.7 Å². The van der Waals surface area contributed by atoms with E-state index in [1.54, 1.807) is 26.4 Å². The van der Waals surface area contributed by atoms with Gasteiger partial charge in [0.15, 0.2) is 15.8 Å². The van der Waals surface area contributed by atoms with E-state index < -0.39 is 0 Å². The van der Waals surface area contributed by atoms with Gasteiger partial charge >= 0.3 is 0 Å². The van der Waals surface area contributed by atoms with E-state index in [2.05, 4.69) is 29.5 Å². The standard InChI is InChI=1S/C21H20INO4S2/c1-4-9-27-19-16(22)10-13(11-17(19)26-3)12-18-20(24)23(21(28)29-18)14-5-7-15(25-2)8-6-14/h5-8,10-12H,4,9H2,1-3H3/b18-12+. The van der Waals surface area contributed by atoms with Crippen molar-refractivity contribution in [3.05, 3.63) is 50.4 Å². The van der Waals surface area contributed by atoms with Crippen LogP contribution < -0.4 is 19.1 Å². The van der Waals surface area contributed by atoms with Gasteiger partial charge in [-0.1, -0.05) is 30.9 Å². The van der Waals surface area contributed by atoms with Gasteiger partial charge in [-0.3, -0.25) is 9.69 Å². The highest BCUT2D eigenvalue weighted by atomic mass is 127. The van der Waals surface area contributed by atoms with Crippen molar-refractivity contribution in [1.82, 2.24) is 0 Å². The summed E-state index contributed by atoms with van der Waals surface area (Å²) >= 11 is 8.95. The van der Waals surface area contributed by atoms with Crippen LogP contribution >= 0.6 is 46.6 Å². The number of nitrogens with zero attached hydrogens (tertiary/aromatic N) is 1. The van der Waals surface area contributed by atoms with Crippen molar-refractivity contribution >= 4 is 68.6 Å². The van der Waals surface area contributed by atoms with Crippen LogP contribution in [0.4, 0.5) is 5.69 Å². The Balaban J connectivity index is 1.89. The number of halogens is 1. The Labute approximate surface area is 193 Å². The number of amides is 1. The van der Waals surface area contributed by atoms with Crippen LogP contribution in [0.1, 0.15) is 18.9 Å². The van der Waals surface area contributed by atoms with Crippen LogP contribution in [-0.4, -0.2) is 31.1 Å². The molecule has 0 aromatic heterocycles. The Morgan fingerprint density at radius 2 is 1.90 bits per heavy atom. The molecule has 29 heavy (non-hydrogen) atoms. The van der Waals surface area contributed by atoms with Crippen molar-refractivity contribution < 1.29 is 19.0 Å². The molecule has 2 aromatic carbocycles. The molecule has 1 heterocycles. The lowest BCUT2D eigenvalue weighted by atomic mass is 10.1. The Morgan fingerprint density at radius 3 is 2.52 bits per heavy atom. The molecule has 5 nitrogen and oxygen atoms in total. The first-order chi connectivity index (χ1) is 14.0. The maximum absolute atomic E-state index is 13.0. The van der Waals surface area contributed by atoms with Gasteiger partial charge in [0.25, 0.3) is 5.91 Å². The molecule has 0 saturated carbocycles. The van der Waals surface area contributed by atoms with Gasteiger partial charge in [0, 0.05) is 0 Å². The summed E-state index contributed by atoms with van der Waals surface area (Å²) in [6, 6.07) is 11.1. The number of benzene rings is 2. The number of hydrogen-bond donors (Lipinski definition) is 0. The van der Waals surface area contributed by atoms with Gasteiger partial charge < -0.3 is 14.2 Å². The van der Waals surface area contributed by atoms with Crippen LogP contribution in [0.3, 0.4) is 0 Å². The molecule has 1 aliphatic rings. The van der Waals surface area contributed by atoms with Crippen molar-refractivity contribution in [2.24, 2.45) is 0 Å². The SMILES string of the molecule is CCCOc1c(I)cc(/C=C2/SC(=S)N(c3ccc(OC)cc3)C2=O)cc1OC. The molecule has 152 valence electrons. The third-order valence-corrected chi connectivity index (χ3v) is 6.23. The largest absolute Gasteiger partial charge is 0.497 e. The molecule has 1 fully saturated rings. The average molecular weight is 541 g/mol. The molecule has 0 radical (unpaired) electrons. The van der Waals surface area contributed by atoms with E-state index in [4.69, 9.17) is 26.4 Å². The monoisotopic (exact) mass is 541 g/mol. The normalized spacial score (nSPS) is 15.2. The highest BCUT2D eigenvalue weighted by molar-refractivity contribution is 14.1. The molecule has 0 bridgehead atoms. The highest BCUT2D eigenvalue weighted by Crippen LogP contribution is 2.39. The van der Waals surface area contributed by atoms with Crippen LogP contribution in [0.25, 0.3) is 6.08 Å². The summed E-state index contributed by atoms with van der Waals surface area (Å²) in [7, 11) is 3.21. The van der Waals surface area contributed by atoms with Gasteiger partial charge in [0.1, 0.15) is 5.75 Å². The smallest absolute Gasteiger partial charge is 0.270 e. The molecule has 1 saturated heterocycles. The summed E-state index contributed by atoms with van der Waals surface area (Å²) < 4.78 is 17.9. The lowest BCUT2D eigenvalue weighted by Crippen LogP contribution is -2.27. The lowest BCUT2D eigenvalue weighted by Gasteiger charge is -2.15. The van der Waals surface area contributed by atoms with Gasteiger partial charge in [-0.2, -0.15) is 0 Å². The molecular formula is C21H20INO4S2. The summed E-state index contributed by atoms with van der Waals surface area (Å²) in [6.07, 6.45) is 2.74. The Bertz CT molecular complexity index is 960. The number of hydrogen-bond acceptors (Lipinski definition) is 6. The lowest BCUT2D eigenvalue weighted by molar-refractivity contribution is -0.113. The fourth-order valence-corrected chi connectivity index (χ4v) is 4.82. The number of anilines is 1. The Morgan fingerprint density at radius 1 is 1.17 bits per heavy atom. The molecule has 0 aliphatic carbocycles. The van der Waals surface area contributed by atoms with Gasteiger partial charge in [-0.15, -0.1) is 0 Å². The van der Waals surface area contributed by atoms with Crippen LogP contribution in [-0.2, 0) is 4.79 Å². The predicted octanol–water partition coefficient (Wildman–Crippen LogP) is 5.50. The zero-order valence-electron chi connectivity index (χ0n) is 16.2. The number of rotatable bonds is 7. The minimum absolute atomic E-state index is 0.148. The number of thioether (sulfide) groups is 1. The van der Waals surface area contributed by atoms with Crippen molar-refractivity contribution in [2.75, 3.05) is 25.7 Å². The summed E-state index contributed by atoms with van der Waals surface area (Å²) in [5, 5.41) is 0. The molecule has 1 aliphatic heterocycles. The summed E-state index contributed by atoms with van der Waals surface area (Å²) in [6.45, 7) is 2.67. The van der Waals surface area contributed by atoms with Crippen molar-refractivity contribution in [1.29, 1.82) is 0 Å². The van der Waals surface area contributed by atoms with Crippen LogP contribution in [0, 0.1) is 3.57 Å². The number of ether oxygens (including phenoxy) is 3. The molecule has 0 atom stereocenters. The Hall–Kier alpha value is -1.78. The molecular weight excluding hydrogens is 521 g/mol. The van der Waals surface area contributed by atoms with Crippen molar-refractivity contribution in [3.63, 3.8) is 0 Å². The second kappa shape index (κ2) is 9.82. The van der Waals surface area contributed by atoms with Crippen LogP contribution in [0.2, 0.25) is 0 Å². The molecule has 3 rings (SSSR count). The molecule has 0 spiro atoms. The van der Waals surface area contributed by atoms with E-state index in [0.717, 1.165) is 27.1 Å².